The Morgan fingerprint density at radius 1 is 1.19 bits per heavy atom. The van der Waals surface area contributed by atoms with Crippen LogP contribution in [-0.4, -0.2) is 33.7 Å². The second-order valence-electron chi connectivity index (χ2n) is 4.97. The molecule has 0 heterocycles. The maximum atomic E-state index is 12.0. The van der Waals surface area contributed by atoms with Crippen LogP contribution < -0.4 is 9.62 Å². The Morgan fingerprint density at radius 3 is 2.10 bits per heavy atom. The highest BCUT2D eigenvalue weighted by atomic mass is 32.2. The topological polar surface area (TPSA) is 66.5 Å². The predicted molar refractivity (Wildman–Crippen MR) is 86.1 cm³/mol. The van der Waals surface area contributed by atoms with Crippen LogP contribution in [0.5, 0.6) is 0 Å². The van der Waals surface area contributed by atoms with E-state index in [1.54, 1.807) is 4.90 Å². The van der Waals surface area contributed by atoms with Gasteiger partial charge in [-0.15, -0.1) is 0 Å². The minimum Gasteiger partial charge on any atom is -0.311 e. The van der Waals surface area contributed by atoms with Gasteiger partial charge in [0.2, 0.25) is 15.9 Å². The van der Waals surface area contributed by atoms with E-state index < -0.39 is 10.0 Å². The zero-order chi connectivity index (χ0) is 16.0. The highest BCUT2D eigenvalue weighted by Crippen LogP contribution is 2.27. The SMILES string of the molecule is CCc1cccc(CC)c1N(CCNS(C)(=O)=O)C(C)=O. The Hall–Kier alpha value is -1.40. The first kappa shape index (κ1) is 17.7. The van der Waals surface area contributed by atoms with Crippen molar-refractivity contribution in [2.24, 2.45) is 0 Å². The number of para-hydroxylation sites is 1. The van der Waals surface area contributed by atoms with Gasteiger partial charge in [-0.05, 0) is 24.0 Å². The summed E-state index contributed by atoms with van der Waals surface area (Å²) >= 11 is 0. The van der Waals surface area contributed by atoms with E-state index >= 15 is 0 Å². The molecule has 5 nitrogen and oxygen atoms in total. The number of nitrogens with zero attached hydrogens (tertiary/aromatic N) is 1. The van der Waals surface area contributed by atoms with Crippen molar-refractivity contribution in [1.29, 1.82) is 0 Å². The molecule has 21 heavy (non-hydrogen) atoms. The van der Waals surface area contributed by atoms with Crippen LogP contribution in [0.3, 0.4) is 0 Å². The smallest absolute Gasteiger partial charge is 0.223 e. The van der Waals surface area contributed by atoms with Crippen LogP contribution >= 0.6 is 0 Å². The number of rotatable bonds is 7. The van der Waals surface area contributed by atoms with Crippen LogP contribution in [0.1, 0.15) is 31.9 Å². The standard InChI is InChI=1S/C15H24N2O3S/c1-5-13-8-7-9-14(6-2)15(13)17(12(3)18)11-10-16-21(4,19)20/h7-9,16H,5-6,10-11H2,1-4H3. The fourth-order valence-electron chi connectivity index (χ4n) is 2.33. The van der Waals surface area contributed by atoms with Crippen molar-refractivity contribution in [3.8, 4) is 0 Å². The summed E-state index contributed by atoms with van der Waals surface area (Å²) in [5.74, 6) is -0.0825. The van der Waals surface area contributed by atoms with Crippen LogP contribution in [-0.2, 0) is 27.7 Å². The van der Waals surface area contributed by atoms with Gasteiger partial charge in [0.15, 0.2) is 0 Å². The molecule has 0 aliphatic heterocycles. The van der Waals surface area contributed by atoms with Gasteiger partial charge in [-0.1, -0.05) is 32.0 Å². The van der Waals surface area contributed by atoms with E-state index in [2.05, 4.69) is 4.72 Å². The third kappa shape index (κ3) is 5.13. The Bertz CT molecular complexity index is 575. The quantitative estimate of drug-likeness (QED) is 0.833. The van der Waals surface area contributed by atoms with Crippen LogP contribution in [0.2, 0.25) is 0 Å². The fraction of sp³-hybridized carbons (Fsp3) is 0.533. The molecule has 0 unspecified atom stereocenters. The summed E-state index contributed by atoms with van der Waals surface area (Å²) in [7, 11) is -3.25. The second-order valence-corrected chi connectivity index (χ2v) is 6.80. The molecule has 1 amide bonds. The van der Waals surface area contributed by atoms with Gasteiger partial charge in [0.25, 0.3) is 0 Å². The van der Waals surface area contributed by atoms with E-state index in [-0.39, 0.29) is 12.5 Å². The Balaban J connectivity index is 3.08. The summed E-state index contributed by atoms with van der Waals surface area (Å²) in [6.07, 6.45) is 2.77. The monoisotopic (exact) mass is 312 g/mol. The third-order valence-electron chi connectivity index (χ3n) is 3.31. The molecule has 0 atom stereocenters. The Morgan fingerprint density at radius 2 is 1.71 bits per heavy atom. The average molecular weight is 312 g/mol. The van der Waals surface area contributed by atoms with E-state index in [4.69, 9.17) is 0 Å². The number of carbonyl (C=O) groups is 1. The molecule has 0 saturated heterocycles. The maximum Gasteiger partial charge on any atom is 0.223 e. The first-order chi connectivity index (χ1) is 9.80. The van der Waals surface area contributed by atoms with E-state index in [0.29, 0.717) is 6.54 Å². The molecule has 0 spiro atoms. The van der Waals surface area contributed by atoms with Gasteiger partial charge in [-0.3, -0.25) is 4.79 Å². The first-order valence-electron chi connectivity index (χ1n) is 7.13. The molecule has 0 fully saturated rings. The first-order valence-corrected chi connectivity index (χ1v) is 9.02. The number of hydrogen-bond donors (Lipinski definition) is 1. The molecule has 6 heteroatoms. The molecule has 0 aliphatic rings. The van der Waals surface area contributed by atoms with Crippen molar-refractivity contribution in [2.75, 3.05) is 24.2 Å². The molecule has 1 rings (SSSR count). The Kier molecular flexibility index (Phi) is 6.36. The number of hydrogen-bond acceptors (Lipinski definition) is 3. The third-order valence-corrected chi connectivity index (χ3v) is 4.04. The molecule has 1 N–H and O–H groups in total. The van der Waals surface area contributed by atoms with Crippen molar-refractivity contribution in [1.82, 2.24) is 4.72 Å². The molecule has 0 radical (unpaired) electrons. The zero-order valence-electron chi connectivity index (χ0n) is 13.1. The van der Waals surface area contributed by atoms with Crippen molar-refractivity contribution < 1.29 is 13.2 Å². The van der Waals surface area contributed by atoms with Gasteiger partial charge in [0.05, 0.1) is 11.9 Å². The van der Waals surface area contributed by atoms with Crippen molar-refractivity contribution in [3.05, 3.63) is 29.3 Å². The van der Waals surface area contributed by atoms with E-state index in [9.17, 15) is 13.2 Å². The predicted octanol–water partition coefficient (Wildman–Crippen LogP) is 1.71. The molecule has 0 bridgehead atoms. The number of sulfonamides is 1. The number of nitrogens with one attached hydrogen (secondary N) is 1. The highest BCUT2D eigenvalue weighted by molar-refractivity contribution is 7.88. The van der Waals surface area contributed by atoms with Crippen molar-refractivity contribution in [3.63, 3.8) is 0 Å². The van der Waals surface area contributed by atoms with Crippen molar-refractivity contribution >= 4 is 21.6 Å². The number of anilines is 1. The molecule has 0 aliphatic carbocycles. The summed E-state index contributed by atoms with van der Waals surface area (Å²) in [4.78, 5) is 13.6. The molecule has 1 aromatic carbocycles. The lowest BCUT2D eigenvalue weighted by Crippen LogP contribution is -2.38. The molecule has 1 aromatic rings. The van der Waals surface area contributed by atoms with Crippen LogP contribution in [0.15, 0.2) is 18.2 Å². The minimum absolute atomic E-state index is 0.0825. The molecular weight excluding hydrogens is 288 g/mol. The van der Waals surface area contributed by atoms with Crippen LogP contribution in [0, 0.1) is 0 Å². The van der Waals surface area contributed by atoms with Gasteiger partial charge in [0.1, 0.15) is 0 Å². The van der Waals surface area contributed by atoms with E-state index in [0.717, 1.165) is 35.9 Å². The second kappa shape index (κ2) is 7.56. The molecular formula is C15H24N2O3S. The van der Waals surface area contributed by atoms with Gasteiger partial charge in [0, 0.05) is 20.0 Å². The van der Waals surface area contributed by atoms with Gasteiger partial charge >= 0.3 is 0 Å². The molecule has 0 aromatic heterocycles. The maximum absolute atomic E-state index is 12.0. The summed E-state index contributed by atoms with van der Waals surface area (Å²) < 4.78 is 24.7. The summed E-state index contributed by atoms with van der Waals surface area (Å²) in [5, 5.41) is 0. The summed E-state index contributed by atoms with van der Waals surface area (Å²) in [6.45, 7) is 6.13. The zero-order valence-corrected chi connectivity index (χ0v) is 14.0. The summed E-state index contributed by atoms with van der Waals surface area (Å²) in [5.41, 5.74) is 3.12. The van der Waals surface area contributed by atoms with Crippen molar-refractivity contribution in [2.45, 2.75) is 33.6 Å². The van der Waals surface area contributed by atoms with Crippen LogP contribution in [0.4, 0.5) is 5.69 Å². The fourth-order valence-corrected chi connectivity index (χ4v) is 2.79. The molecule has 0 saturated carbocycles. The lowest BCUT2D eigenvalue weighted by molar-refractivity contribution is -0.116. The number of benzene rings is 1. The van der Waals surface area contributed by atoms with E-state index in [1.807, 2.05) is 32.0 Å². The van der Waals surface area contributed by atoms with E-state index in [1.165, 1.54) is 6.92 Å². The summed E-state index contributed by atoms with van der Waals surface area (Å²) in [6, 6.07) is 6.01. The number of amides is 1. The number of carbonyl (C=O) groups excluding carboxylic acids is 1. The Labute approximate surface area is 127 Å². The largest absolute Gasteiger partial charge is 0.311 e. The van der Waals surface area contributed by atoms with Gasteiger partial charge in [-0.2, -0.15) is 0 Å². The van der Waals surface area contributed by atoms with Gasteiger partial charge in [-0.25, -0.2) is 13.1 Å². The lowest BCUT2D eigenvalue weighted by atomic mass is 10.0. The van der Waals surface area contributed by atoms with Gasteiger partial charge < -0.3 is 4.90 Å². The minimum atomic E-state index is -3.25. The molecule has 118 valence electrons. The normalized spacial score (nSPS) is 11.4. The van der Waals surface area contributed by atoms with Crippen LogP contribution in [0.25, 0.3) is 0 Å². The lowest BCUT2D eigenvalue weighted by Gasteiger charge is -2.26. The number of aryl methyl sites for hydroxylation is 2. The highest BCUT2D eigenvalue weighted by Gasteiger charge is 2.18. The average Bonchev–Trinajstić information content (AvgIpc) is 2.41.